The number of carbonyl (C=O) groups is 1. The van der Waals surface area contributed by atoms with Crippen LogP contribution in [-0.4, -0.2) is 38.6 Å². The summed E-state index contributed by atoms with van der Waals surface area (Å²) in [6, 6.07) is 8.87. The van der Waals surface area contributed by atoms with Crippen molar-refractivity contribution in [3.8, 4) is 0 Å². The lowest BCUT2D eigenvalue weighted by atomic mass is 9.82. The van der Waals surface area contributed by atoms with Crippen LogP contribution in [0, 0.1) is 11.7 Å². The molecular formula is C21H20FN3O3. The van der Waals surface area contributed by atoms with E-state index in [0.29, 0.717) is 30.7 Å². The number of benzene rings is 1. The highest BCUT2D eigenvalue weighted by molar-refractivity contribution is 5.89. The average molecular weight is 381 g/mol. The smallest absolute Gasteiger partial charge is 0.325 e. The summed E-state index contributed by atoms with van der Waals surface area (Å²) in [6.07, 6.45) is 2.64. The zero-order valence-corrected chi connectivity index (χ0v) is 15.1. The third-order valence-corrected chi connectivity index (χ3v) is 6.08. The number of nitrogens with one attached hydrogen (secondary N) is 1. The Balaban J connectivity index is 1.54. The number of aromatic amines is 1. The molecule has 1 aromatic carbocycles. The van der Waals surface area contributed by atoms with E-state index in [0.717, 1.165) is 17.5 Å². The van der Waals surface area contributed by atoms with Gasteiger partial charge in [-0.05, 0) is 36.6 Å². The molecule has 2 N–H and O–H groups in total. The van der Waals surface area contributed by atoms with Gasteiger partial charge in [-0.3, -0.25) is 14.5 Å². The van der Waals surface area contributed by atoms with Gasteiger partial charge in [0.1, 0.15) is 11.9 Å². The maximum absolute atomic E-state index is 13.5. The lowest BCUT2D eigenvalue weighted by Gasteiger charge is -2.44. The predicted molar refractivity (Wildman–Crippen MR) is 102 cm³/mol. The van der Waals surface area contributed by atoms with Gasteiger partial charge in [-0.25, -0.2) is 4.39 Å². The van der Waals surface area contributed by atoms with E-state index in [1.807, 2.05) is 15.5 Å². The molecule has 2 bridgehead atoms. The number of nitrogens with zero attached hydrogens (tertiary/aromatic N) is 2. The molecule has 5 rings (SSSR count). The highest BCUT2D eigenvalue weighted by Crippen LogP contribution is 2.39. The summed E-state index contributed by atoms with van der Waals surface area (Å²) in [5.74, 6) is -0.917. The fourth-order valence-electron chi connectivity index (χ4n) is 4.98. The van der Waals surface area contributed by atoms with Gasteiger partial charge in [0.15, 0.2) is 0 Å². The second-order valence-electron chi connectivity index (χ2n) is 7.83. The van der Waals surface area contributed by atoms with Gasteiger partial charge in [-0.1, -0.05) is 6.07 Å². The molecule has 6 nitrogen and oxygen atoms in total. The SMILES string of the molecule is O=C(O)[C@@H](c1c[nH]c2cc(F)ccc12)N1C[C@H]2C[C@@H](C1)c1cccc(=O)n1C2. The van der Waals surface area contributed by atoms with Crippen molar-refractivity contribution in [1.29, 1.82) is 0 Å². The van der Waals surface area contributed by atoms with Crippen LogP contribution in [0.4, 0.5) is 4.39 Å². The molecule has 7 heteroatoms. The molecule has 2 aliphatic heterocycles. The van der Waals surface area contributed by atoms with E-state index in [-0.39, 0.29) is 23.2 Å². The van der Waals surface area contributed by atoms with Crippen molar-refractivity contribution < 1.29 is 14.3 Å². The van der Waals surface area contributed by atoms with Gasteiger partial charge in [0.05, 0.1) is 0 Å². The molecule has 1 fully saturated rings. The highest BCUT2D eigenvalue weighted by atomic mass is 19.1. The summed E-state index contributed by atoms with van der Waals surface area (Å²) in [6.45, 7) is 1.81. The summed E-state index contributed by atoms with van der Waals surface area (Å²) in [5.41, 5.74) is 2.23. The van der Waals surface area contributed by atoms with Crippen molar-refractivity contribution in [3.05, 3.63) is 70.0 Å². The number of hydrogen-bond donors (Lipinski definition) is 2. The minimum Gasteiger partial charge on any atom is -0.480 e. The average Bonchev–Trinajstić information content (AvgIpc) is 3.05. The number of carboxylic acid groups (broad SMARTS) is 1. The van der Waals surface area contributed by atoms with Crippen molar-refractivity contribution in [1.82, 2.24) is 14.5 Å². The van der Waals surface area contributed by atoms with Crippen LogP contribution < -0.4 is 5.56 Å². The summed E-state index contributed by atoms with van der Waals surface area (Å²) >= 11 is 0. The van der Waals surface area contributed by atoms with Gasteiger partial charge in [0, 0.05) is 60.0 Å². The number of hydrogen-bond acceptors (Lipinski definition) is 3. The van der Waals surface area contributed by atoms with Crippen LogP contribution in [0.1, 0.15) is 29.6 Å². The molecule has 0 unspecified atom stereocenters. The molecule has 0 saturated carbocycles. The summed E-state index contributed by atoms with van der Waals surface area (Å²) in [4.78, 5) is 29.4. The van der Waals surface area contributed by atoms with Crippen LogP contribution >= 0.6 is 0 Å². The number of piperidine rings is 1. The maximum Gasteiger partial charge on any atom is 0.325 e. The van der Waals surface area contributed by atoms with Crippen LogP contribution in [0.3, 0.4) is 0 Å². The van der Waals surface area contributed by atoms with E-state index >= 15 is 0 Å². The van der Waals surface area contributed by atoms with Gasteiger partial charge in [0.2, 0.25) is 0 Å². The molecule has 3 atom stereocenters. The van der Waals surface area contributed by atoms with E-state index in [4.69, 9.17) is 0 Å². The number of halogens is 1. The molecule has 3 aromatic rings. The van der Waals surface area contributed by atoms with Crippen LogP contribution in [-0.2, 0) is 11.3 Å². The Morgan fingerprint density at radius 2 is 2.07 bits per heavy atom. The van der Waals surface area contributed by atoms with Gasteiger partial charge in [0.25, 0.3) is 5.56 Å². The number of aliphatic carboxylic acids is 1. The first-order chi connectivity index (χ1) is 13.5. The van der Waals surface area contributed by atoms with Gasteiger partial charge in [-0.15, -0.1) is 0 Å². The minimum absolute atomic E-state index is 0.00842. The standard InChI is InChI=1S/C21H20FN3O3/c22-14-4-5-15-16(8-23-17(15)7-14)20(21(27)28)24-9-12-6-13(11-24)18-2-1-3-19(26)25(18)10-12/h1-5,7-8,12-13,20,23H,6,9-11H2,(H,27,28)/t12-,13+,20-/m1/s1. The molecule has 1 saturated heterocycles. The fourth-order valence-corrected chi connectivity index (χ4v) is 4.98. The van der Waals surface area contributed by atoms with Crippen LogP contribution in [0.2, 0.25) is 0 Å². The van der Waals surface area contributed by atoms with Gasteiger partial charge >= 0.3 is 5.97 Å². The lowest BCUT2D eigenvalue weighted by Crippen LogP contribution is -2.49. The molecule has 0 aliphatic carbocycles. The summed E-state index contributed by atoms with van der Waals surface area (Å²) in [7, 11) is 0. The van der Waals surface area contributed by atoms with Crippen LogP contribution in [0.5, 0.6) is 0 Å². The number of fused-ring (bicyclic) bond motifs is 5. The van der Waals surface area contributed by atoms with Gasteiger partial charge < -0.3 is 14.7 Å². The Labute approximate surface area is 160 Å². The van der Waals surface area contributed by atoms with E-state index in [1.165, 1.54) is 12.1 Å². The van der Waals surface area contributed by atoms with E-state index in [1.54, 1.807) is 24.4 Å². The maximum atomic E-state index is 13.5. The zero-order chi connectivity index (χ0) is 19.4. The van der Waals surface area contributed by atoms with Crippen molar-refractivity contribution in [3.63, 3.8) is 0 Å². The molecular weight excluding hydrogens is 361 g/mol. The van der Waals surface area contributed by atoms with E-state index in [9.17, 15) is 19.1 Å². The Hall–Kier alpha value is -2.93. The van der Waals surface area contributed by atoms with Crippen LogP contribution in [0.15, 0.2) is 47.4 Å². The van der Waals surface area contributed by atoms with E-state index in [2.05, 4.69) is 4.98 Å². The monoisotopic (exact) mass is 381 g/mol. The Kier molecular flexibility index (Phi) is 3.87. The quantitative estimate of drug-likeness (QED) is 0.731. The number of aromatic nitrogens is 2. The number of likely N-dealkylation sites (tertiary alicyclic amines) is 1. The van der Waals surface area contributed by atoms with Crippen molar-refractivity contribution >= 4 is 16.9 Å². The molecule has 4 heterocycles. The van der Waals surface area contributed by atoms with Gasteiger partial charge in [-0.2, -0.15) is 0 Å². The number of H-pyrrole nitrogens is 1. The summed E-state index contributed by atoms with van der Waals surface area (Å²) in [5, 5.41) is 10.8. The summed E-state index contributed by atoms with van der Waals surface area (Å²) < 4.78 is 15.3. The topological polar surface area (TPSA) is 78.3 Å². The fraction of sp³-hybridized carbons (Fsp3) is 0.333. The predicted octanol–water partition coefficient (Wildman–Crippen LogP) is 2.71. The first-order valence-electron chi connectivity index (χ1n) is 9.44. The number of carboxylic acids is 1. The van der Waals surface area contributed by atoms with E-state index < -0.39 is 12.0 Å². The molecule has 2 aliphatic rings. The number of pyridine rings is 1. The molecule has 0 radical (unpaired) electrons. The number of rotatable bonds is 3. The van der Waals surface area contributed by atoms with Crippen molar-refractivity contribution in [2.24, 2.45) is 5.92 Å². The zero-order valence-electron chi connectivity index (χ0n) is 15.1. The lowest BCUT2D eigenvalue weighted by molar-refractivity contribution is -0.144. The molecule has 0 spiro atoms. The molecule has 144 valence electrons. The first-order valence-corrected chi connectivity index (χ1v) is 9.44. The Morgan fingerprint density at radius 3 is 2.89 bits per heavy atom. The third kappa shape index (κ3) is 2.65. The first kappa shape index (κ1) is 17.2. The molecule has 2 aromatic heterocycles. The minimum atomic E-state index is -0.921. The Bertz CT molecular complexity index is 1140. The largest absolute Gasteiger partial charge is 0.480 e. The Morgan fingerprint density at radius 1 is 1.21 bits per heavy atom. The normalized spacial score (nSPS) is 22.8. The molecule has 0 amide bonds. The van der Waals surface area contributed by atoms with Crippen molar-refractivity contribution in [2.75, 3.05) is 13.1 Å². The second kappa shape index (κ2) is 6.31. The van der Waals surface area contributed by atoms with Crippen LogP contribution in [0.25, 0.3) is 10.9 Å². The second-order valence-corrected chi connectivity index (χ2v) is 7.83. The van der Waals surface area contributed by atoms with Crippen molar-refractivity contribution in [2.45, 2.75) is 24.9 Å². The molecule has 28 heavy (non-hydrogen) atoms. The third-order valence-electron chi connectivity index (χ3n) is 6.08. The highest BCUT2D eigenvalue weighted by Gasteiger charge is 2.40.